The van der Waals surface area contributed by atoms with Gasteiger partial charge in [-0.1, -0.05) is 18.2 Å². The SMILES string of the molecule is CCOc1ccc(C=Cc2ccncc2[N+](=O)[O-])cc1. The highest BCUT2D eigenvalue weighted by atomic mass is 16.6. The fourth-order valence-electron chi connectivity index (χ4n) is 1.72. The summed E-state index contributed by atoms with van der Waals surface area (Å²) in [6.45, 7) is 2.55. The third-order valence-electron chi connectivity index (χ3n) is 2.68. The lowest BCUT2D eigenvalue weighted by molar-refractivity contribution is -0.385. The summed E-state index contributed by atoms with van der Waals surface area (Å²) in [5.41, 5.74) is 1.47. The molecule has 0 aliphatic carbocycles. The molecule has 0 bridgehead atoms. The molecular formula is C15H14N2O3. The minimum atomic E-state index is -0.440. The molecule has 0 amide bonds. The fourth-order valence-corrected chi connectivity index (χ4v) is 1.72. The Morgan fingerprint density at radius 2 is 2.00 bits per heavy atom. The molecule has 2 rings (SSSR count). The summed E-state index contributed by atoms with van der Waals surface area (Å²) in [4.78, 5) is 14.2. The first kappa shape index (κ1) is 13.7. The molecule has 0 fully saturated rings. The number of pyridine rings is 1. The van der Waals surface area contributed by atoms with Gasteiger partial charge in [0.2, 0.25) is 0 Å². The summed E-state index contributed by atoms with van der Waals surface area (Å²) in [5.74, 6) is 0.805. The lowest BCUT2D eigenvalue weighted by Crippen LogP contribution is -1.92. The van der Waals surface area contributed by atoms with Crippen LogP contribution in [0.5, 0.6) is 5.75 Å². The highest BCUT2D eigenvalue weighted by Crippen LogP contribution is 2.20. The van der Waals surface area contributed by atoms with Crippen LogP contribution in [0.4, 0.5) is 5.69 Å². The van der Waals surface area contributed by atoms with Gasteiger partial charge in [0.05, 0.1) is 17.1 Å². The molecule has 0 radical (unpaired) electrons. The molecule has 0 N–H and O–H groups in total. The average Bonchev–Trinajstić information content (AvgIpc) is 2.47. The average molecular weight is 270 g/mol. The molecular weight excluding hydrogens is 256 g/mol. The molecule has 0 saturated heterocycles. The third kappa shape index (κ3) is 3.41. The van der Waals surface area contributed by atoms with Gasteiger partial charge in [0.1, 0.15) is 11.9 Å². The smallest absolute Gasteiger partial charge is 0.294 e. The van der Waals surface area contributed by atoms with Crippen molar-refractivity contribution < 1.29 is 9.66 Å². The number of nitrogens with zero attached hydrogens (tertiary/aromatic N) is 2. The van der Waals surface area contributed by atoms with Crippen LogP contribution in [0, 0.1) is 10.1 Å². The van der Waals surface area contributed by atoms with E-state index < -0.39 is 4.92 Å². The van der Waals surface area contributed by atoms with Crippen molar-refractivity contribution in [2.45, 2.75) is 6.92 Å². The van der Waals surface area contributed by atoms with Gasteiger partial charge in [-0.15, -0.1) is 0 Å². The topological polar surface area (TPSA) is 65.3 Å². The van der Waals surface area contributed by atoms with Crippen LogP contribution < -0.4 is 4.74 Å². The lowest BCUT2D eigenvalue weighted by Gasteiger charge is -2.02. The second-order valence-corrected chi connectivity index (χ2v) is 4.03. The van der Waals surface area contributed by atoms with Crippen LogP contribution >= 0.6 is 0 Å². The Kier molecular flexibility index (Phi) is 4.44. The summed E-state index contributed by atoms with van der Waals surface area (Å²) in [5, 5.41) is 10.9. The predicted octanol–water partition coefficient (Wildman–Crippen LogP) is 3.56. The summed E-state index contributed by atoms with van der Waals surface area (Å²) in [6.07, 6.45) is 6.30. The van der Waals surface area contributed by atoms with Gasteiger partial charge < -0.3 is 4.74 Å². The van der Waals surface area contributed by atoms with Gasteiger partial charge in [0.25, 0.3) is 5.69 Å². The molecule has 0 saturated carbocycles. The molecule has 1 aromatic carbocycles. The van der Waals surface area contributed by atoms with Crippen LogP contribution in [0.2, 0.25) is 0 Å². The zero-order chi connectivity index (χ0) is 14.4. The first-order chi connectivity index (χ1) is 9.70. The molecule has 5 nitrogen and oxygen atoms in total. The predicted molar refractivity (Wildman–Crippen MR) is 77.4 cm³/mol. The minimum Gasteiger partial charge on any atom is -0.494 e. The van der Waals surface area contributed by atoms with E-state index in [1.165, 1.54) is 12.4 Å². The maximum atomic E-state index is 10.9. The number of hydrogen-bond donors (Lipinski definition) is 0. The van der Waals surface area contributed by atoms with Gasteiger partial charge in [0.15, 0.2) is 0 Å². The van der Waals surface area contributed by atoms with Gasteiger partial charge in [-0.3, -0.25) is 15.1 Å². The number of hydrogen-bond acceptors (Lipinski definition) is 4. The van der Waals surface area contributed by atoms with Gasteiger partial charge in [0, 0.05) is 6.20 Å². The molecule has 2 aromatic rings. The Morgan fingerprint density at radius 3 is 2.65 bits per heavy atom. The highest BCUT2D eigenvalue weighted by Gasteiger charge is 2.10. The summed E-state index contributed by atoms with van der Waals surface area (Å²) in [7, 11) is 0. The largest absolute Gasteiger partial charge is 0.494 e. The molecule has 102 valence electrons. The van der Waals surface area contributed by atoms with Gasteiger partial charge in [-0.2, -0.15) is 0 Å². The zero-order valence-electron chi connectivity index (χ0n) is 11.0. The van der Waals surface area contributed by atoms with E-state index >= 15 is 0 Å². The van der Waals surface area contributed by atoms with E-state index in [1.54, 1.807) is 12.1 Å². The molecule has 0 atom stereocenters. The molecule has 1 aromatic heterocycles. The summed E-state index contributed by atoms with van der Waals surface area (Å²) < 4.78 is 5.35. The highest BCUT2D eigenvalue weighted by molar-refractivity contribution is 5.73. The van der Waals surface area contributed by atoms with E-state index in [0.717, 1.165) is 11.3 Å². The summed E-state index contributed by atoms with van der Waals surface area (Å²) in [6, 6.07) is 9.14. The maximum Gasteiger partial charge on any atom is 0.294 e. The molecule has 0 spiro atoms. The Morgan fingerprint density at radius 1 is 1.25 bits per heavy atom. The Bertz CT molecular complexity index is 621. The van der Waals surface area contributed by atoms with Crippen LogP contribution in [-0.4, -0.2) is 16.5 Å². The second kappa shape index (κ2) is 6.47. The zero-order valence-corrected chi connectivity index (χ0v) is 11.0. The van der Waals surface area contributed by atoms with Gasteiger partial charge in [-0.05, 0) is 36.8 Å². The minimum absolute atomic E-state index is 0.00492. The van der Waals surface area contributed by atoms with Crippen molar-refractivity contribution in [2.24, 2.45) is 0 Å². The Balaban J connectivity index is 2.19. The number of ether oxygens (including phenoxy) is 1. The molecule has 5 heteroatoms. The van der Waals surface area contributed by atoms with Crippen LogP contribution in [0.1, 0.15) is 18.1 Å². The first-order valence-corrected chi connectivity index (χ1v) is 6.20. The van der Waals surface area contributed by atoms with Crippen molar-refractivity contribution in [2.75, 3.05) is 6.61 Å². The van der Waals surface area contributed by atoms with E-state index in [9.17, 15) is 10.1 Å². The lowest BCUT2D eigenvalue weighted by atomic mass is 10.1. The van der Waals surface area contributed by atoms with E-state index in [1.807, 2.05) is 37.3 Å². The number of nitro groups is 1. The number of aromatic nitrogens is 1. The van der Waals surface area contributed by atoms with Crippen molar-refractivity contribution in [1.82, 2.24) is 4.98 Å². The maximum absolute atomic E-state index is 10.9. The van der Waals surface area contributed by atoms with Crippen molar-refractivity contribution in [1.29, 1.82) is 0 Å². The van der Waals surface area contributed by atoms with Crippen LogP contribution in [0.3, 0.4) is 0 Å². The molecule has 0 unspecified atom stereocenters. The van der Waals surface area contributed by atoms with Crippen LogP contribution in [0.25, 0.3) is 12.2 Å². The fraction of sp³-hybridized carbons (Fsp3) is 0.133. The van der Waals surface area contributed by atoms with Gasteiger partial charge >= 0.3 is 0 Å². The second-order valence-electron chi connectivity index (χ2n) is 4.03. The van der Waals surface area contributed by atoms with Crippen molar-refractivity contribution in [3.8, 4) is 5.75 Å². The Hall–Kier alpha value is -2.69. The first-order valence-electron chi connectivity index (χ1n) is 6.20. The quantitative estimate of drug-likeness (QED) is 0.615. The monoisotopic (exact) mass is 270 g/mol. The standard InChI is InChI=1S/C15H14N2O3/c1-2-20-14-7-4-12(5-8-14)3-6-13-9-10-16-11-15(13)17(18)19/h3-11H,2H2,1H3. The van der Waals surface area contributed by atoms with Gasteiger partial charge in [-0.25, -0.2) is 0 Å². The molecule has 20 heavy (non-hydrogen) atoms. The molecule has 0 aliphatic rings. The van der Waals surface area contributed by atoms with E-state index in [2.05, 4.69) is 4.98 Å². The third-order valence-corrected chi connectivity index (χ3v) is 2.68. The van der Waals surface area contributed by atoms with Crippen molar-refractivity contribution in [3.05, 3.63) is 64.0 Å². The van der Waals surface area contributed by atoms with Crippen molar-refractivity contribution in [3.63, 3.8) is 0 Å². The Labute approximate surface area is 116 Å². The normalized spacial score (nSPS) is 10.7. The summed E-state index contributed by atoms with van der Waals surface area (Å²) >= 11 is 0. The number of benzene rings is 1. The number of rotatable bonds is 5. The van der Waals surface area contributed by atoms with Crippen molar-refractivity contribution >= 4 is 17.8 Å². The van der Waals surface area contributed by atoms with E-state index in [0.29, 0.717) is 12.2 Å². The molecule has 1 heterocycles. The molecule has 0 aliphatic heterocycles. The van der Waals surface area contributed by atoms with E-state index in [4.69, 9.17) is 4.74 Å². The van der Waals surface area contributed by atoms with E-state index in [-0.39, 0.29) is 5.69 Å². The van der Waals surface area contributed by atoms with Crippen LogP contribution in [0.15, 0.2) is 42.7 Å². The van der Waals surface area contributed by atoms with Crippen LogP contribution in [-0.2, 0) is 0 Å².